The Bertz CT molecular complexity index is 628. The molecule has 2 aromatic rings. The van der Waals surface area contributed by atoms with Gasteiger partial charge in [0.1, 0.15) is 0 Å². The van der Waals surface area contributed by atoms with E-state index in [9.17, 15) is 0 Å². The molecule has 26 heavy (non-hydrogen) atoms. The van der Waals surface area contributed by atoms with E-state index in [1.54, 1.807) is 6.08 Å². The van der Waals surface area contributed by atoms with E-state index in [2.05, 4.69) is 75.9 Å². The summed E-state index contributed by atoms with van der Waals surface area (Å²) in [5.74, 6) is 0.391. The van der Waals surface area contributed by atoms with Crippen molar-refractivity contribution in [1.82, 2.24) is 0 Å². The Hall–Kier alpha value is -1.39. The van der Waals surface area contributed by atoms with Gasteiger partial charge < -0.3 is 9.16 Å². The van der Waals surface area contributed by atoms with E-state index in [0.29, 0.717) is 19.1 Å². The summed E-state index contributed by atoms with van der Waals surface area (Å²) in [5, 5.41) is 2.42. The maximum Gasteiger partial charge on any atom is 0.261 e. The molecule has 4 heteroatoms. The Labute approximate surface area is 163 Å². The van der Waals surface area contributed by atoms with Crippen LogP contribution in [0.1, 0.15) is 20.8 Å². The molecule has 0 radical (unpaired) electrons. The number of ether oxygens (including phenoxy) is 1. The van der Waals surface area contributed by atoms with Crippen LogP contribution >= 0.6 is 11.6 Å². The molecule has 0 saturated heterocycles. The molecule has 0 aliphatic carbocycles. The van der Waals surface area contributed by atoms with Gasteiger partial charge in [0.2, 0.25) is 0 Å². The second-order valence-electron chi connectivity index (χ2n) is 7.38. The van der Waals surface area contributed by atoms with Crippen molar-refractivity contribution in [3.8, 4) is 0 Å². The molecule has 0 fully saturated rings. The topological polar surface area (TPSA) is 18.5 Å². The van der Waals surface area contributed by atoms with Gasteiger partial charge in [-0.2, -0.15) is 0 Å². The molecule has 2 rings (SSSR count). The number of hydrogen-bond donors (Lipinski definition) is 0. The number of hydrogen-bond acceptors (Lipinski definition) is 2. The second-order valence-corrected chi connectivity index (χ2v) is 11.9. The summed E-state index contributed by atoms with van der Waals surface area (Å²) >= 11 is 6.27. The zero-order valence-electron chi connectivity index (χ0n) is 16.0. The number of alkyl halides is 1. The van der Waals surface area contributed by atoms with Crippen molar-refractivity contribution in [3.05, 3.63) is 73.3 Å². The van der Waals surface area contributed by atoms with Gasteiger partial charge in [-0.1, -0.05) is 87.5 Å². The standard InChI is InChI=1S/C22H29ClO2Si/c1-5-16-24-18-19(17-23)25-26(22(2,3)4,20-12-8-6-9-13-20)21-14-10-7-11-15-21/h5-15,19H,1,16-18H2,2-4H3. The van der Waals surface area contributed by atoms with Gasteiger partial charge in [0, 0.05) is 5.88 Å². The van der Waals surface area contributed by atoms with Gasteiger partial charge in [-0.3, -0.25) is 0 Å². The molecule has 0 saturated carbocycles. The highest BCUT2D eigenvalue weighted by Gasteiger charge is 2.51. The van der Waals surface area contributed by atoms with Crippen LogP contribution in [0.4, 0.5) is 0 Å². The molecule has 140 valence electrons. The summed E-state index contributed by atoms with van der Waals surface area (Å²) in [6.07, 6.45) is 1.57. The second kappa shape index (κ2) is 9.52. The van der Waals surface area contributed by atoms with Crippen molar-refractivity contribution >= 4 is 30.3 Å². The van der Waals surface area contributed by atoms with Crippen LogP contribution < -0.4 is 10.4 Å². The minimum atomic E-state index is -2.58. The van der Waals surface area contributed by atoms with Crippen LogP contribution in [-0.2, 0) is 9.16 Å². The predicted molar refractivity (Wildman–Crippen MR) is 114 cm³/mol. The van der Waals surface area contributed by atoms with Gasteiger partial charge >= 0.3 is 0 Å². The monoisotopic (exact) mass is 388 g/mol. The smallest absolute Gasteiger partial charge is 0.261 e. The quantitative estimate of drug-likeness (QED) is 0.275. The van der Waals surface area contributed by atoms with E-state index in [1.807, 2.05) is 12.1 Å². The fraction of sp³-hybridized carbons (Fsp3) is 0.364. The molecule has 2 aromatic carbocycles. The Morgan fingerprint density at radius 2 is 1.50 bits per heavy atom. The summed E-state index contributed by atoms with van der Waals surface area (Å²) in [4.78, 5) is 0. The fourth-order valence-corrected chi connectivity index (χ4v) is 8.26. The van der Waals surface area contributed by atoms with Crippen LogP contribution in [-0.4, -0.2) is 33.5 Å². The number of benzene rings is 2. The van der Waals surface area contributed by atoms with Crippen LogP contribution in [0.25, 0.3) is 0 Å². The lowest BCUT2D eigenvalue weighted by atomic mass is 10.2. The van der Waals surface area contributed by atoms with Gasteiger partial charge in [-0.05, 0) is 15.4 Å². The molecular formula is C22H29ClO2Si. The Morgan fingerprint density at radius 3 is 1.88 bits per heavy atom. The van der Waals surface area contributed by atoms with Crippen molar-refractivity contribution < 1.29 is 9.16 Å². The van der Waals surface area contributed by atoms with E-state index in [0.717, 1.165) is 0 Å². The maximum atomic E-state index is 6.92. The minimum Gasteiger partial charge on any atom is -0.401 e. The van der Waals surface area contributed by atoms with Gasteiger partial charge in [0.05, 0.1) is 19.3 Å². The average Bonchev–Trinajstić information content (AvgIpc) is 2.65. The van der Waals surface area contributed by atoms with Gasteiger partial charge in [0.25, 0.3) is 8.32 Å². The normalized spacial score (nSPS) is 13.4. The molecule has 0 aromatic heterocycles. The molecule has 0 bridgehead atoms. The third-order valence-electron chi connectivity index (χ3n) is 4.47. The van der Waals surface area contributed by atoms with E-state index in [4.69, 9.17) is 20.8 Å². The average molecular weight is 389 g/mol. The Balaban J connectivity index is 2.54. The molecular weight excluding hydrogens is 360 g/mol. The predicted octanol–water partition coefficient (Wildman–Crippen LogP) is 4.37. The summed E-state index contributed by atoms with van der Waals surface area (Å²) in [7, 11) is -2.58. The molecule has 2 nitrogen and oxygen atoms in total. The SMILES string of the molecule is C=CCOCC(CCl)O[Si](c1ccccc1)(c1ccccc1)C(C)(C)C. The van der Waals surface area contributed by atoms with Gasteiger partial charge in [-0.15, -0.1) is 18.2 Å². The highest BCUT2D eigenvalue weighted by molar-refractivity contribution is 6.99. The molecule has 0 spiro atoms. The van der Waals surface area contributed by atoms with Crippen LogP contribution in [0.5, 0.6) is 0 Å². The summed E-state index contributed by atoms with van der Waals surface area (Å²) in [5.41, 5.74) is 0. The largest absolute Gasteiger partial charge is 0.401 e. The molecule has 1 atom stereocenters. The van der Waals surface area contributed by atoms with E-state index < -0.39 is 8.32 Å². The van der Waals surface area contributed by atoms with E-state index in [1.165, 1.54) is 10.4 Å². The highest BCUT2D eigenvalue weighted by Crippen LogP contribution is 2.37. The Morgan fingerprint density at radius 1 is 1.00 bits per heavy atom. The first kappa shape index (κ1) is 20.9. The molecule has 0 aliphatic heterocycles. The lowest BCUT2D eigenvalue weighted by Gasteiger charge is -2.44. The van der Waals surface area contributed by atoms with E-state index in [-0.39, 0.29) is 11.1 Å². The van der Waals surface area contributed by atoms with Crippen molar-refractivity contribution in [2.24, 2.45) is 0 Å². The zero-order valence-corrected chi connectivity index (χ0v) is 17.7. The summed E-state index contributed by atoms with van der Waals surface area (Å²) in [6, 6.07) is 21.1. The van der Waals surface area contributed by atoms with Crippen molar-refractivity contribution in [2.45, 2.75) is 31.9 Å². The lowest BCUT2D eigenvalue weighted by molar-refractivity contribution is 0.0700. The van der Waals surface area contributed by atoms with Crippen molar-refractivity contribution in [3.63, 3.8) is 0 Å². The maximum absolute atomic E-state index is 6.92. The number of halogens is 1. The van der Waals surface area contributed by atoms with Crippen LogP contribution in [0.3, 0.4) is 0 Å². The summed E-state index contributed by atoms with van der Waals surface area (Å²) in [6.45, 7) is 11.4. The zero-order chi connectivity index (χ0) is 19.0. The highest BCUT2D eigenvalue weighted by atomic mass is 35.5. The van der Waals surface area contributed by atoms with Crippen molar-refractivity contribution in [2.75, 3.05) is 19.1 Å². The first-order valence-corrected chi connectivity index (χ1v) is 11.4. The van der Waals surface area contributed by atoms with Crippen molar-refractivity contribution in [1.29, 1.82) is 0 Å². The summed E-state index contributed by atoms with van der Waals surface area (Å²) < 4.78 is 12.6. The molecule has 0 aliphatic rings. The fourth-order valence-electron chi connectivity index (χ4n) is 3.33. The third kappa shape index (κ3) is 4.66. The molecule has 0 heterocycles. The molecule has 1 unspecified atom stereocenters. The van der Waals surface area contributed by atoms with Crippen LogP contribution in [0.15, 0.2) is 73.3 Å². The van der Waals surface area contributed by atoms with Gasteiger partial charge in [-0.25, -0.2) is 0 Å². The first-order chi connectivity index (χ1) is 12.5. The van der Waals surface area contributed by atoms with Crippen LogP contribution in [0, 0.1) is 0 Å². The van der Waals surface area contributed by atoms with E-state index >= 15 is 0 Å². The first-order valence-electron chi connectivity index (χ1n) is 8.99. The minimum absolute atomic E-state index is 0.0710. The van der Waals surface area contributed by atoms with Gasteiger partial charge in [0.15, 0.2) is 0 Å². The Kier molecular flexibility index (Phi) is 7.65. The number of rotatable bonds is 9. The molecule has 0 N–H and O–H groups in total. The van der Waals surface area contributed by atoms with Crippen LogP contribution in [0.2, 0.25) is 5.04 Å². The lowest BCUT2D eigenvalue weighted by Crippen LogP contribution is -2.68. The molecule has 0 amide bonds. The third-order valence-corrected chi connectivity index (χ3v) is 9.91.